The lowest BCUT2D eigenvalue weighted by Gasteiger charge is -2.29. The van der Waals surface area contributed by atoms with Crippen LogP contribution >= 0.6 is 0 Å². The number of hydrogen-bond donors (Lipinski definition) is 1. The van der Waals surface area contributed by atoms with Crippen LogP contribution in [0, 0.1) is 0 Å². The first kappa shape index (κ1) is 16.5. The number of nitrogens with zero attached hydrogens (tertiary/aromatic N) is 4. The summed E-state index contributed by atoms with van der Waals surface area (Å²) in [5.41, 5.74) is 7.80. The number of hydrogen-bond acceptors (Lipinski definition) is 4. The Labute approximate surface area is 152 Å². The number of likely N-dealkylation sites (tertiary alicyclic amines) is 1. The number of amides is 1. The molecule has 1 atom stereocenters. The second-order valence-electron chi connectivity index (χ2n) is 6.53. The van der Waals surface area contributed by atoms with Crippen LogP contribution in [0.4, 0.5) is 0 Å². The molecule has 2 N–H and O–H groups in total. The molecule has 4 rings (SSSR count). The van der Waals surface area contributed by atoms with Crippen LogP contribution in [-0.2, 0) is 0 Å². The zero-order valence-electron chi connectivity index (χ0n) is 14.5. The van der Waals surface area contributed by atoms with Gasteiger partial charge >= 0.3 is 0 Å². The van der Waals surface area contributed by atoms with Crippen molar-refractivity contribution in [1.29, 1.82) is 0 Å². The zero-order valence-corrected chi connectivity index (χ0v) is 14.5. The number of nitrogens with two attached hydrogens (primary N) is 1. The van der Waals surface area contributed by atoms with Crippen molar-refractivity contribution in [3.05, 3.63) is 66.5 Å². The first-order valence-corrected chi connectivity index (χ1v) is 8.85. The third-order valence-electron chi connectivity index (χ3n) is 4.58. The van der Waals surface area contributed by atoms with E-state index in [2.05, 4.69) is 10.1 Å². The predicted octanol–water partition coefficient (Wildman–Crippen LogP) is 2.50. The Morgan fingerprint density at radius 2 is 1.73 bits per heavy atom. The maximum atomic E-state index is 12.9. The van der Waals surface area contributed by atoms with Crippen molar-refractivity contribution in [2.24, 2.45) is 5.73 Å². The largest absolute Gasteiger partial charge is 0.334 e. The molecule has 1 unspecified atom stereocenters. The molecule has 3 aromatic rings. The van der Waals surface area contributed by atoms with Gasteiger partial charge in [-0.15, -0.1) is 5.10 Å². The summed E-state index contributed by atoms with van der Waals surface area (Å²) < 4.78 is 1.73. The fourth-order valence-corrected chi connectivity index (χ4v) is 3.26. The van der Waals surface area contributed by atoms with E-state index in [1.54, 1.807) is 9.58 Å². The van der Waals surface area contributed by atoms with Gasteiger partial charge in [0.15, 0.2) is 5.82 Å². The summed E-state index contributed by atoms with van der Waals surface area (Å²) in [7, 11) is 0. The van der Waals surface area contributed by atoms with Gasteiger partial charge in [0.1, 0.15) is 0 Å². The highest BCUT2D eigenvalue weighted by Gasteiger charge is 2.26. The molecule has 0 spiro atoms. The molecule has 2 heterocycles. The topological polar surface area (TPSA) is 77.0 Å². The average Bonchev–Trinajstić information content (AvgIpc) is 3.14. The first-order valence-electron chi connectivity index (χ1n) is 8.85. The zero-order chi connectivity index (χ0) is 17.9. The van der Waals surface area contributed by atoms with Gasteiger partial charge in [0.2, 0.25) is 5.82 Å². The number of piperidine rings is 1. The molecule has 1 fully saturated rings. The number of benzene rings is 2. The van der Waals surface area contributed by atoms with Crippen LogP contribution in [0.25, 0.3) is 17.1 Å². The van der Waals surface area contributed by atoms with Gasteiger partial charge in [-0.3, -0.25) is 4.79 Å². The molecule has 132 valence electrons. The highest BCUT2D eigenvalue weighted by Crippen LogP contribution is 2.22. The maximum Gasteiger partial charge on any atom is 0.293 e. The third kappa shape index (κ3) is 3.23. The lowest BCUT2D eigenvalue weighted by atomic mass is 10.1. The minimum atomic E-state index is -0.160. The summed E-state index contributed by atoms with van der Waals surface area (Å²) in [6.07, 6.45) is 1.86. The third-order valence-corrected chi connectivity index (χ3v) is 4.58. The first-order chi connectivity index (χ1) is 12.7. The van der Waals surface area contributed by atoms with Gasteiger partial charge in [0, 0.05) is 24.7 Å². The van der Waals surface area contributed by atoms with E-state index in [9.17, 15) is 4.79 Å². The van der Waals surface area contributed by atoms with Crippen LogP contribution in [-0.4, -0.2) is 44.7 Å². The predicted molar refractivity (Wildman–Crippen MR) is 99.9 cm³/mol. The second-order valence-corrected chi connectivity index (χ2v) is 6.53. The van der Waals surface area contributed by atoms with Gasteiger partial charge in [0.25, 0.3) is 5.91 Å². The van der Waals surface area contributed by atoms with Crippen LogP contribution in [0.5, 0.6) is 0 Å². The van der Waals surface area contributed by atoms with Gasteiger partial charge in [0.05, 0.1) is 5.69 Å². The molecule has 1 aliphatic rings. The van der Waals surface area contributed by atoms with Crippen LogP contribution in [0.2, 0.25) is 0 Å². The van der Waals surface area contributed by atoms with E-state index in [-0.39, 0.29) is 17.8 Å². The Morgan fingerprint density at radius 3 is 2.42 bits per heavy atom. The quantitative estimate of drug-likeness (QED) is 0.790. The fourth-order valence-electron chi connectivity index (χ4n) is 3.26. The van der Waals surface area contributed by atoms with Crippen LogP contribution in [0.1, 0.15) is 23.5 Å². The Hall–Kier alpha value is -2.99. The van der Waals surface area contributed by atoms with Crippen molar-refractivity contribution in [3.63, 3.8) is 0 Å². The smallest absolute Gasteiger partial charge is 0.293 e. The van der Waals surface area contributed by atoms with Gasteiger partial charge < -0.3 is 10.6 Å². The molecule has 0 radical (unpaired) electrons. The molecule has 1 aliphatic heterocycles. The van der Waals surface area contributed by atoms with Crippen molar-refractivity contribution in [2.75, 3.05) is 13.1 Å². The Balaban J connectivity index is 1.75. The fraction of sp³-hybridized carbons (Fsp3) is 0.250. The Morgan fingerprint density at radius 1 is 1.04 bits per heavy atom. The second kappa shape index (κ2) is 7.09. The summed E-state index contributed by atoms with van der Waals surface area (Å²) in [4.78, 5) is 19.2. The molecule has 2 aromatic carbocycles. The van der Waals surface area contributed by atoms with Crippen molar-refractivity contribution >= 4 is 5.91 Å². The molecule has 26 heavy (non-hydrogen) atoms. The van der Waals surface area contributed by atoms with Crippen LogP contribution < -0.4 is 5.73 Å². The molecule has 1 saturated heterocycles. The van der Waals surface area contributed by atoms with E-state index in [1.807, 2.05) is 60.7 Å². The molecule has 0 aliphatic carbocycles. The van der Waals surface area contributed by atoms with E-state index in [1.165, 1.54) is 0 Å². The van der Waals surface area contributed by atoms with Crippen molar-refractivity contribution in [3.8, 4) is 17.1 Å². The SMILES string of the molecule is NC1CCCN(C(=O)c2nc(-c3ccccc3)n(-c3ccccc3)n2)C1. The lowest BCUT2D eigenvalue weighted by Crippen LogP contribution is -2.46. The van der Waals surface area contributed by atoms with Crippen molar-refractivity contribution in [1.82, 2.24) is 19.7 Å². The Kier molecular flexibility index (Phi) is 4.50. The maximum absolute atomic E-state index is 12.9. The minimum Gasteiger partial charge on any atom is -0.334 e. The molecule has 1 aromatic heterocycles. The molecule has 0 bridgehead atoms. The van der Waals surface area contributed by atoms with Crippen molar-refractivity contribution in [2.45, 2.75) is 18.9 Å². The molecule has 1 amide bonds. The van der Waals surface area contributed by atoms with E-state index in [0.717, 1.165) is 24.1 Å². The summed E-state index contributed by atoms with van der Waals surface area (Å²) in [5.74, 6) is 0.704. The monoisotopic (exact) mass is 347 g/mol. The normalized spacial score (nSPS) is 17.3. The standard InChI is InChI=1S/C20H21N5O/c21-16-10-7-13-24(14-16)20(26)18-22-19(15-8-3-1-4-9-15)25(23-18)17-11-5-2-6-12-17/h1-6,8-9,11-12,16H,7,10,13-14,21H2. The molecular formula is C20H21N5O. The van der Waals surface area contributed by atoms with Gasteiger partial charge in [-0.2, -0.15) is 0 Å². The molecule has 0 saturated carbocycles. The van der Waals surface area contributed by atoms with Crippen molar-refractivity contribution < 1.29 is 4.79 Å². The number of rotatable bonds is 3. The summed E-state index contributed by atoms with van der Waals surface area (Å²) >= 11 is 0. The lowest BCUT2D eigenvalue weighted by molar-refractivity contribution is 0.0696. The van der Waals surface area contributed by atoms with Gasteiger partial charge in [-0.05, 0) is 25.0 Å². The number of carbonyl (C=O) groups excluding carboxylic acids is 1. The van der Waals surface area contributed by atoms with E-state index >= 15 is 0 Å². The van der Waals surface area contributed by atoms with Gasteiger partial charge in [-0.25, -0.2) is 9.67 Å². The van der Waals surface area contributed by atoms with Crippen LogP contribution in [0.15, 0.2) is 60.7 Å². The van der Waals surface area contributed by atoms with E-state index in [0.29, 0.717) is 18.9 Å². The molecule has 6 heteroatoms. The van der Waals surface area contributed by atoms with E-state index < -0.39 is 0 Å². The Bertz CT molecular complexity index is 834. The summed E-state index contributed by atoms with van der Waals surface area (Å²) in [6.45, 7) is 1.26. The average molecular weight is 347 g/mol. The van der Waals surface area contributed by atoms with Gasteiger partial charge in [-0.1, -0.05) is 48.5 Å². The van der Waals surface area contributed by atoms with E-state index in [4.69, 9.17) is 5.73 Å². The number of para-hydroxylation sites is 1. The summed E-state index contributed by atoms with van der Waals surface area (Å²) in [6, 6.07) is 19.5. The molecular weight excluding hydrogens is 326 g/mol. The highest BCUT2D eigenvalue weighted by atomic mass is 16.2. The van der Waals surface area contributed by atoms with Crippen LogP contribution in [0.3, 0.4) is 0 Å². The molecule has 6 nitrogen and oxygen atoms in total. The summed E-state index contributed by atoms with van der Waals surface area (Å²) in [5, 5.41) is 4.53. The number of carbonyl (C=O) groups is 1. The highest BCUT2D eigenvalue weighted by molar-refractivity contribution is 5.91. The minimum absolute atomic E-state index is 0.0255. The number of aromatic nitrogens is 3.